The van der Waals surface area contributed by atoms with Gasteiger partial charge in [0.1, 0.15) is 6.04 Å². The van der Waals surface area contributed by atoms with Crippen LogP contribution in [0.15, 0.2) is 29.8 Å². The molecule has 0 bridgehead atoms. The Labute approximate surface area is 195 Å². The van der Waals surface area contributed by atoms with Crippen LogP contribution in [0.3, 0.4) is 0 Å². The van der Waals surface area contributed by atoms with Crippen molar-refractivity contribution in [3.8, 4) is 10.4 Å². The SMILES string of the molecule is Cc1ncsc1-c1ccc(CNC(=O)[C@@H]2CCCN2C(=O)C(NC(C)C)C(C)(C)C)cc1. The van der Waals surface area contributed by atoms with Gasteiger partial charge < -0.3 is 15.5 Å². The normalized spacial score (nSPS) is 17.6. The quantitative estimate of drug-likeness (QED) is 0.657. The van der Waals surface area contributed by atoms with Crippen molar-refractivity contribution in [2.24, 2.45) is 5.41 Å². The molecule has 0 saturated carbocycles. The Morgan fingerprint density at radius 3 is 2.47 bits per heavy atom. The molecule has 2 heterocycles. The molecule has 1 aromatic heterocycles. The lowest BCUT2D eigenvalue weighted by atomic mass is 9.85. The maximum atomic E-state index is 13.4. The summed E-state index contributed by atoms with van der Waals surface area (Å²) in [6.07, 6.45) is 1.56. The predicted octanol–water partition coefficient (Wildman–Crippen LogP) is 4.14. The average molecular weight is 457 g/mol. The molecule has 7 heteroatoms. The minimum Gasteiger partial charge on any atom is -0.350 e. The van der Waals surface area contributed by atoms with Gasteiger partial charge in [0.05, 0.1) is 22.1 Å². The number of carbonyl (C=O) groups excluding carboxylic acids is 2. The first-order chi connectivity index (χ1) is 15.1. The third kappa shape index (κ3) is 5.75. The summed E-state index contributed by atoms with van der Waals surface area (Å²) in [6.45, 7) is 13.4. The van der Waals surface area contributed by atoms with Crippen LogP contribution >= 0.6 is 11.3 Å². The Morgan fingerprint density at radius 1 is 1.22 bits per heavy atom. The monoisotopic (exact) mass is 456 g/mol. The zero-order valence-electron chi connectivity index (χ0n) is 20.1. The van der Waals surface area contributed by atoms with Gasteiger partial charge in [-0.25, -0.2) is 4.98 Å². The molecule has 1 fully saturated rings. The van der Waals surface area contributed by atoms with Gasteiger partial charge in [0.2, 0.25) is 11.8 Å². The molecule has 1 aromatic carbocycles. The van der Waals surface area contributed by atoms with Gasteiger partial charge in [-0.2, -0.15) is 0 Å². The summed E-state index contributed by atoms with van der Waals surface area (Å²) >= 11 is 1.63. The molecule has 2 aromatic rings. The average Bonchev–Trinajstić information content (AvgIpc) is 3.38. The number of aromatic nitrogens is 1. The molecule has 0 spiro atoms. The zero-order valence-corrected chi connectivity index (χ0v) is 20.9. The first kappa shape index (κ1) is 24.4. The molecule has 1 unspecified atom stereocenters. The van der Waals surface area contributed by atoms with E-state index in [2.05, 4.69) is 48.5 Å². The fourth-order valence-corrected chi connectivity index (χ4v) is 4.97. The molecule has 0 aliphatic carbocycles. The number of thiazole rings is 1. The number of hydrogen-bond acceptors (Lipinski definition) is 5. The Balaban J connectivity index is 1.63. The van der Waals surface area contributed by atoms with Crippen molar-refractivity contribution >= 4 is 23.2 Å². The first-order valence-corrected chi connectivity index (χ1v) is 12.3. The van der Waals surface area contributed by atoms with Gasteiger partial charge >= 0.3 is 0 Å². The Hall–Kier alpha value is -2.25. The van der Waals surface area contributed by atoms with Crippen LogP contribution in [0, 0.1) is 12.3 Å². The summed E-state index contributed by atoms with van der Waals surface area (Å²) in [7, 11) is 0. The number of hydrogen-bond donors (Lipinski definition) is 2. The Bertz CT molecular complexity index is 930. The highest BCUT2D eigenvalue weighted by Gasteiger charge is 2.41. The van der Waals surface area contributed by atoms with Crippen LogP contribution in [0.25, 0.3) is 10.4 Å². The van der Waals surface area contributed by atoms with E-state index in [1.807, 2.05) is 38.4 Å². The third-order valence-corrected chi connectivity index (χ3v) is 6.86. The van der Waals surface area contributed by atoms with Crippen LogP contribution in [-0.2, 0) is 16.1 Å². The zero-order chi connectivity index (χ0) is 23.5. The smallest absolute Gasteiger partial charge is 0.243 e. The van der Waals surface area contributed by atoms with Crippen LogP contribution in [0.1, 0.15) is 58.7 Å². The summed E-state index contributed by atoms with van der Waals surface area (Å²) in [4.78, 5) is 33.6. The number of benzene rings is 1. The molecule has 3 rings (SSSR count). The molecule has 0 radical (unpaired) electrons. The fraction of sp³-hybridized carbons (Fsp3) is 0.560. The van der Waals surface area contributed by atoms with Gasteiger partial charge in [0.15, 0.2) is 0 Å². The fourth-order valence-electron chi connectivity index (χ4n) is 4.15. The van der Waals surface area contributed by atoms with Crippen molar-refractivity contribution in [1.82, 2.24) is 20.5 Å². The van der Waals surface area contributed by atoms with E-state index in [1.54, 1.807) is 16.2 Å². The number of rotatable bonds is 7. The van der Waals surface area contributed by atoms with Crippen LogP contribution in [0.4, 0.5) is 0 Å². The molecule has 1 aliphatic rings. The van der Waals surface area contributed by atoms with Crippen molar-refractivity contribution in [2.75, 3.05) is 6.54 Å². The second-order valence-corrected chi connectivity index (χ2v) is 10.8. The van der Waals surface area contributed by atoms with Gasteiger partial charge in [0, 0.05) is 19.1 Å². The molecular weight excluding hydrogens is 420 g/mol. The lowest BCUT2D eigenvalue weighted by molar-refractivity contribution is -0.142. The van der Waals surface area contributed by atoms with E-state index >= 15 is 0 Å². The highest BCUT2D eigenvalue weighted by molar-refractivity contribution is 7.13. The van der Waals surface area contributed by atoms with Gasteiger partial charge in [-0.3, -0.25) is 9.59 Å². The van der Waals surface area contributed by atoms with Crippen LogP contribution in [0.2, 0.25) is 0 Å². The van der Waals surface area contributed by atoms with E-state index < -0.39 is 6.04 Å². The van der Waals surface area contributed by atoms with Gasteiger partial charge in [-0.05, 0) is 36.3 Å². The van der Waals surface area contributed by atoms with E-state index in [0.29, 0.717) is 19.5 Å². The minimum absolute atomic E-state index is 0.0214. The minimum atomic E-state index is -0.402. The molecule has 1 aliphatic heterocycles. The maximum Gasteiger partial charge on any atom is 0.243 e. The molecule has 174 valence electrons. The number of nitrogens with one attached hydrogen (secondary N) is 2. The van der Waals surface area contributed by atoms with Gasteiger partial charge in [-0.1, -0.05) is 58.9 Å². The van der Waals surface area contributed by atoms with E-state index in [0.717, 1.165) is 23.2 Å². The molecule has 2 amide bonds. The summed E-state index contributed by atoms with van der Waals surface area (Å²) in [6, 6.07) is 7.68. The lowest BCUT2D eigenvalue weighted by Gasteiger charge is -2.36. The van der Waals surface area contributed by atoms with Crippen LogP contribution in [-0.4, -0.2) is 46.4 Å². The summed E-state index contributed by atoms with van der Waals surface area (Å²) in [5.41, 5.74) is 4.83. The topological polar surface area (TPSA) is 74.3 Å². The van der Waals surface area contributed by atoms with E-state index in [9.17, 15) is 9.59 Å². The second-order valence-electron chi connectivity index (χ2n) is 9.99. The first-order valence-electron chi connectivity index (χ1n) is 11.4. The molecule has 1 saturated heterocycles. The highest BCUT2D eigenvalue weighted by atomic mass is 32.1. The molecule has 32 heavy (non-hydrogen) atoms. The Kier molecular flexibility index (Phi) is 7.72. The number of likely N-dealkylation sites (tertiary alicyclic amines) is 1. The number of nitrogens with zero attached hydrogens (tertiary/aromatic N) is 2. The van der Waals surface area contributed by atoms with E-state index in [1.165, 1.54) is 4.88 Å². The third-order valence-electron chi connectivity index (χ3n) is 5.88. The van der Waals surface area contributed by atoms with Crippen molar-refractivity contribution in [1.29, 1.82) is 0 Å². The van der Waals surface area contributed by atoms with Crippen molar-refractivity contribution in [2.45, 2.75) is 79.1 Å². The largest absolute Gasteiger partial charge is 0.350 e. The number of carbonyl (C=O) groups is 2. The second kappa shape index (κ2) is 10.1. The maximum absolute atomic E-state index is 13.4. The predicted molar refractivity (Wildman–Crippen MR) is 130 cm³/mol. The summed E-state index contributed by atoms with van der Waals surface area (Å²) in [5, 5.41) is 6.45. The van der Waals surface area contributed by atoms with Crippen LogP contribution < -0.4 is 10.6 Å². The number of aryl methyl sites for hydroxylation is 1. The molecule has 6 nitrogen and oxygen atoms in total. The lowest BCUT2D eigenvalue weighted by Crippen LogP contribution is -2.57. The number of amides is 2. The van der Waals surface area contributed by atoms with E-state index in [4.69, 9.17) is 0 Å². The molecular formula is C25H36N4O2S. The van der Waals surface area contributed by atoms with E-state index in [-0.39, 0.29) is 29.3 Å². The summed E-state index contributed by atoms with van der Waals surface area (Å²) < 4.78 is 0. The highest BCUT2D eigenvalue weighted by Crippen LogP contribution is 2.28. The standard InChI is InChI=1S/C25H36N4O2S/c1-16(2)28-22(25(4,5)6)24(31)29-13-7-8-20(29)23(30)26-14-18-9-11-19(12-10-18)21-17(3)27-15-32-21/h9-12,15-16,20,22,28H,7-8,13-14H2,1-6H3,(H,26,30)/t20-,22?/m0/s1. The summed E-state index contributed by atoms with van der Waals surface area (Å²) in [5.74, 6) is -0.0523. The Morgan fingerprint density at radius 2 is 1.91 bits per heavy atom. The molecule has 2 atom stereocenters. The van der Waals surface area contributed by atoms with Gasteiger partial charge in [0.25, 0.3) is 0 Å². The van der Waals surface area contributed by atoms with Crippen molar-refractivity contribution in [3.63, 3.8) is 0 Å². The van der Waals surface area contributed by atoms with Crippen molar-refractivity contribution < 1.29 is 9.59 Å². The van der Waals surface area contributed by atoms with Gasteiger partial charge in [-0.15, -0.1) is 11.3 Å². The molecule has 2 N–H and O–H groups in total. The van der Waals surface area contributed by atoms with Crippen molar-refractivity contribution in [3.05, 3.63) is 41.0 Å². The van der Waals surface area contributed by atoms with Crippen LogP contribution in [0.5, 0.6) is 0 Å².